The maximum atomic E-state index is 12.1. The number of aryl methyl sites for hydroxylation is 1. The summed E-state index contributed by atoms with van der Waals surface area (Å²) in [6.07, 6.45) is 0. The first-order chi connectivity index (χ1) is 12.0. The molecule has 0 aliphatic heterocycles. The number of rotatable bonds is 4. The summed E-state index contributed by atoms with van der Waals surface area (Å²) in [5, 5.41) is 9.73. The fraction of sp³-hybridized carbons (Fsp3) is 0.105. The third-order valence-corrected chi connectivity index (χ3v) is 3.74. The van der Waals surface area contributed by atoms with Gasteiger partial charge in [0.05, 0.1) is 5.69 Å². The monoisotopic (exact) mass is 334 g/mol. The molecule has 3 rings (SSSR count). The molecule has 2 N–H and O–H groups in total. The quantitative estimate of drug-likeness (QED) is 0.710. The number of carbonyl (C=O) groups excluding carboxylic acids is 2. The van der Waals surface area contributed by atoms with E-state index in [1.54, 1.807) is 28.9 Å². The number of nitrogens with zero attached hydrogens (tertiary/aromatic N) is 2. The Labute approximate surface area is 145 Å². The SMILES string of the molecule is CC(=O)c1ccc(NC(=O)Nc2cc(-c3ccccc3)n(C)n2)cc1. The Morgan fingerprint density at radius 3 is 2.28 bits per heavy atom. The molecule has 0 atom stereocenters. The Morgan fingerprint density at radius 2 is 1.64 bits per heavy atom. The number of anilines is 2. The normalized spacial score (nSPS) is 10.3. The number of benzene rings is 2. The number of hydrogen-bond donors (Lipinski definition) is 2. The second-order valence-electron chi connectivity index (χ2n) is 5.62. The van der Waals surface area contributed by atoms with Crippen LogP contribution in [-0.2, 0) is 7.05 Å². The van der Waals surface area contributed by atoms with Gasteiger partial charge < -0.3 is 5.32 Å². The van der Waals surface area contributed by atoms with Crippen LogP contribution in [0.3, 0.4) is 0 Å². The maximum Gasteiger partial charge on any atom is 0.324 e. The number of amides is 2. The lowest BCUT2D eigenvalue weighted by Gasteiger charge is -2.05. The van der Waals surface area contributed by atoms with E-state index >= 15 is 0 Å². The second-order valence-corrected chi connectivity index (χ2v) is 5.62. The van der Waals surface area contributed by atoms with E-state index in [1.807, 2.05) is 43.4 Å². The number of carbonyl (C=O) groups is 2. The van der Waals surface area contributed by atoms with Gasteiger partial charge in [-0.25, -0.2) is 4.79 Å². The molecule has 0 bridgehead atoms. The van der Waals surface area contributed by atoms with Crippen molar-refractivity contribution in [2.45, 2.75) is 6.92 Å². The van der Waals surface area contributed by atoms with Gasteiger partial charge in [-0.3, -0.25) is 14.8 Å². The molecule has 0 aliphatic carbocycles. The van der Waals surface area contributed by atoms with E-state index < -0.39 is 6.03 Å². The maximum absolute atomic E-state index is 12.1. The minimum absolute atomic E-state index is 0.0158. The molecule has 25 heavy (non-hydrogen) atoms. The molecule has 0 spiro atoms. The van der Waals surface area contributed by atoms with Crippen molar-refractivity contribution in [3.05, 3.63) is 66.2 Å². The molecule has 0 radical (unpaired) electrons. The summed E-state index contributed by atoms with van der Waals surface area (Å²) in [6.45, 7) is 1.50. The molecule has 3 aromatic rings. The Morgan fingerprint density at radius 1 is 0.960 bits per heavy atom. The Balaban J connectivity index is 1.68. The summed E-state index contributed by atoms with van der Waals surface area (Å²) < 4.78 is 1.71. The van der Waals surface area contributed by atoms with Crippen molar-refractivity contribution in [2.75, 3.05) is 10.6 Å². The van der Waals surface area contributed by atoms with Crippen LogP contribution >= 0.6 is 0 Å². The van der Waals surface area contributed by atoms with Crippen LogP contribution in [0, 0.1) is 0 Å². The Kier molecular flexibility index (Phi) is 4.61. The molecule has 2 amide bonds. The lowest BCUT2D eigenvalue weighted by molar-refractivity contribution is 0.101. The Hall–Kier alpha value is -3.41. The number of Topliss-reactive ketones (excluding diaryl/α,β-unsaturated/α-hetero) is 1. The zero-order valence-corrected chi connectivity index (χ0v) is 14.0. The molecule has 0 aliphatic rings. The Bertz CT molecular complexity index is 899. The third kappa shape index (κ3) is 3.92. The average molecular weight is 334 g/mol. The predicted molar refractivity (Wildman–Crippen MR) is 97.7 cm³/mol. The van der Waals surface area contributed by atoms with Crippen LogP contribution in [0.2, 0.25) is 0 Å². The summed E-state index contributed by atoms with van der Waals surface area (Å²) >= 11 is 0. The molecule has 0 saturated carbocycles. The minimum atomic E-state index is -0.395. The van der Waals surface area contributed by atoms with Gasteiger partial charge >= 0.3 is 6.03 Å². The smallest absolute Gasteiger partial charge is 0.308 e. The van der Waals surface area contributed by atoms with E-state index in [4.69, 9.17) is 0 Å². The molecule has 6 nitrogen and oxygen atoms in total. The van der Waals surface area contributed by atoms with Crippen LogP contribution in [0.4, 0.5) is 16.3 Å². The van der Waals surface area contributed by atoms with Gasteiger partial charge in [-0.05, 0) is 36.8 Å². The zero-order chi connectivity index (χ0) is 17.8. The summed E-state index contributed by atoms with van der Waals surface area (Å²) in [5.41, 5.74) is 3.12. The summed E-state index contributed by atoms with van der Waals surface area (Å²) in [6, 6.07) is 18.0. The lowest BCUT2D eigenvalue weighted by atomic mass is 10.1. The first-order valence-electron chi connectivity index (χ1n) is 7.81. The molecule has 1 heterocycles. The van der Waals surface area contributed by atoms with Crippen molar-refractivity contribution < 1.29 is 9.59 Å². The van der Waals surface area contributed by atoms with Gasteiger partial charge in [0.2, 0.25) is 0 Å². The van der Waals surface area contributed by atoms with Crippen molar-refractivity contribution in [2.24, 2.45) is 7.05 Å². The predicted octanol–water partition coefficient (Wildman–Crippen LogP) is 3.93. The molecular formula is C19H18N4O2. The molecule has 2 aromatic carbocycles. The van der Waals surface area contributed by atoms with E-state index in [1.165, 1.54) is 6.92 Å². The number of urea groups is 1. The van der Waals surface area contributed by atoms with Crippen LogP contribution in [-0.4, -0.2) is 21.6 Å². The highest BCUT2D eigenvalue weighted by Gasteiger charge is 2.10. The third-order valence-electron chi connectivity index (χ3n) is 3.74. The van der Waals surface area contributed by atoms with E-state index in [9.17, 15) is 9.59 Å². The fourth-order valence-corrected chi connectivity index (χ4v) is 2.47. The standard InChI is InChI=1S/C19H18N4O2/c1-13(24)14-8-10-16(11-9-14)20-19(25)21-18-12-17(23(2)22-18)15-6-4-3-5-7-15/h3-12H,1-2H3,(H2,20,21,22,25). The molecule has 0 unspecified atom stereocenters. The highest BCUT2D eigenvalue weighted by Crippen LogP contribution is 2.21. The van der Waals surface area contributed by atoms with Gasteiger partial charge in [0.25, 0.3) is 0 Å². The molecule has 6 heteroatoms. The highest BCUT2D eigenvalue weighted by atomic mass is 16.2. The summed E-state index contributed by atoms with van der Waals surface area (Å²) in [5.74, 6) is 0.442. The second kappa shape index (κ2) is 7.00. The van der Waals surface area contributed by atoms with Crippen LogP contribution < -0.4 is 10.6 Å². The van der Waals surface area contributed by atoms with E-state index in [-0.39, 0.29) is 5.78 Å². The average Bonchev–Trinajstić information content (AvgIpc) is 2.96. The van der Waals surface area contributed by atoms with Crippen molar-refractivity contribution in [3.63, 3.8) is 0 Å². The molecule has 0 fully saturated rings. The van der Waals surface area contributed by atoms with Crippen LogP contribution in [0.25, 0.3) is 11.3 Å². The number of hydrogen-bond acceptors (Lipinski definition) is 3. The topological polar surface area (TPSA) is 76.0 Å². The van der Waals surface area contributed by atoms with Gasteiger partial charge in [-0.2, -0.15) is 5.10 Å². The minimum Gasteiger partial charge on any atom is -0.308 e. The van der Waals surface area contributed by atoms with Crippen LogP contribution in [0.5, 0.6) is 0 Å². The van der Waals surface area contributed by atoms with Crippen molar-refractivity contribution in [1.82, 2.24) is 9.78 Å². The van der Waals surface area contributed by atoms with Gasteiger partial charge in [0.1, 0.15) is 0 Å². The summed E-state index contributed by atoms with van der Waals surface area (Å²) in [4.78, 5) is 23.4. The van der Waals surface area contributed by atoms with Gasteiger partial charge in [-0.15, -0.1) is 0 Å². The number of ketones is 1. The molecular weight excluding hydrogens is 316 g/mol. The summed E-state index contributed by atoms with van der Waals surface area (Å²) in [7, 11) is 1.83. The highest BCUT2D eigenvalue weighted by molar-refractivity contribution is 6.00. The van der Waals surface area contributed by atoms with Crippen LogP contribution in [0.1, 0.15) is 17.3 Å². The van der Waals surface area contributed by atoms with Gasteiger partial charge in [0.15, 0.2) is 11.6 Å². The van der Waals surface area contributed by atoms with E-state index in [2.05, 4.69) is 15.7 Å². The lowest BCUT2D eigenvalue weighted by Crippen LogP contribution is -2.19. The molecule has 1 aromatic heterocycles. The van der Waals surface area contributed by atoms with Crippen molar-refractivity contribution >= 4 is 23.3 Å². The first kappa shape index (κ1) is 16.4. The molecule has 0 saturated heterocycles. The first-order valence-corrected chi connectivity index (χ1v) is 7.81. The van der Waals surface area contributed by atoms with Crippen LogP contribution in [0.15, 0.2) is 60.7 Å². The number of aromatic nitrogens is 2. The van der Waals surface area contributed by atoms with Crippen molar-refractivity contribution in [3.8, 4) is 11.3 Å². The fourth-order valence-electron chi connectivity index (χ4n) is 2.47. The van der Waals surface area contributed by atoms with Gasteiger partial charge in [-0.1, -0.05) is 30.3 Å². The van der Waals surface area contributed by atoms with Gasteiger partial charge in [0, 0.05) is 24.4 Å². The van der Waals surface area contributed by atoms with E-state index in [0.717, 1.165) is 11.3 Å². The van der Waals surface area contributed by atoms with E-state index in [0.29, 0.717) is 17.1 Å². The number of nitrogens with one attached hydrogen (secondary N) is 2. The largest absolute Gasteiger partial charge is 0.324 e. The zero-order valence-electron chi connectivity index (χ0n) is 14.0. The molecule has 126 valence electrons. The van der Waals surface area contributed by atoms with Crippen molar-refractivity contribution in [1.29, 1.82) is 0 Å².